The van der Waals surface area contributed by atoms with E-state index in [1.807, 2.05) is 50.2 Å². The highest BCUT2D eigenvalue weighted by atomic mass is 127. The molecule has 9 nitrogen and oxygen atoms in total. The van der Waals surface area contributed by atoms with Crippen LogP contribution in [0.2, 0.25) is 5.02 Å². The van der Waals surface area contributed by atoms with Gasteiger partial charge in [-0.05, 0) is 78.4 Å². The van der Waals surface area contributed by atoms with Crippen LogP contribution in [0.4, 0.5) is 0 Å². The average molecular weight is 761 g/mol. The maximum Gasteiger partial charge on any atom is 0.337 e. The van der Waals surface area contributed by atoms with Crippen LogP contribution in [0.25, 0.3) is 6.08 Å². The van der Waals surface area contributed by atoms with Crippen LogP contribution in [0.5, 0.6) is 23.0 Å². The normalized spacial score (nSPS) is 14.2. The van der Waals surface area contributed by atoms with Crippen LogP contribution in [-0.2, 0) is 16.1 Å². The van der Waals surface area contributed by atoms with Crippen molar-refractivity contribution >= 4 is 57.6 Å². The van der Waals surface area contributed by atoms with Crippen LogP contribution < -0.4 is 33.8 Å². The van der Waals surface area contributed by atoms with E-state index in [0.29, 0.717) is 61.7 Å². The Morgan fingerprint density at radius 1 is 1.02 bits per heavy atom. The van der Waals surface area contributed by atoms with Crippen molar-refractivity contribution in [1.29, 1.82) is 0 Å². The summed E-state index contributed by atoms with van der Waals surface area (Å²) in [5.74, 6) is 1.45. The van der Waals surface area contributed by atoms with Crippen molar-refractivity contribution in [3.8, 4) is 23.0 Å². The number of hydrogen-bond donors (Lipinski definition) is 0. The van der Waals surface area contributed by atoms with E-state index >= 15 is 0 Å². The second-order valence-corrected chi connectivity index (χ2v) is 12.3. The summed E-state index contributed by atoms with van der Waals surface area (Å²) < 4.78 is 31.3. The van der Waals surface area contributed by atoms with Gasteiger partial charge in [0.15, 0.2) is 27.8 Å². The van der Waals surface area contributed by atoms with Crippen LogP contribution >= 0.6 is 45.5 Å². The van der Waals surface area contributed by atoms with Crippen molar-refractivity contribution in [2.24, 2.45) is 4.99 Å². The summed E-state index contributed by atoms with van der Waals surface area (Å²) in [5.41, 5.74) is 1.96. The highest BCUT2D eigenvalue weighted by Gasteiger charge is 2.31. The van der Waals surface area contributed by atoms with E-state index in [4.69, 9.17) is 35.3 Å². The van der Waals surface area contributed by atoms with E-state index in [1.54, 1.807) is 31.4 Å². The first kappa shape index (κ1) is 32.6. The Morgan fingerprint density at radius 3 is 2.49 bits per heavy atom. The third-order valence-electron chi connectivity index (χ3n) is 6.89. The van der Waals surface area contributed by atoms with Crippen LogP contribution in [0, 0.1) is 3.57 Å². The van der Waals surface area contributed by atoms with Gasteiger partial charge in [0, 0.05) is 25.9 Å². The molecule has 1 aliphatic heterocycles. The summed E-state index contributed by atoms with van der Waals surface area (Å²) in [7, 11) is 2.86. The minimum absolute atomic E-state index is 0.196. The molecule has 0 N–H and O–H groups in total. The zero-order valence-electron chi connectivity index (χ0n) is 25.0. The lowest BCUT2D eigenvalue weighted by Gasteiger charge is -2.23. The third kappa shape index (κ3) is 6.90. The Balaban J connectivity index is 1.65. The number of benzene rings is 3. The largest absolute Gasteiger partial charge is 0.493 e. The number of nitrogens with zero attached hydrogens (tertiary/aromatic N) is 2. The van der Waals surface area contributed by atoms with E-state index in [2.05, 4.69) is 27.6 Å². The van der Waals surface area contributed by atoms with Crippen molar-refractivity contribution in [1.82, 2.24) is 4.57 Å². The first-order valence-corrected chi connectivity index (χ1v) is 16.3. The smallest absolute Gasteiger partial charge is 0.337 e. The number of ether oxygens (including phenoxy) is 5. The standard InChI is InChI=1S/C33H30ClIN2O7S/c1-5-42-25-12-11-19(14-26(25)43-6-2)29-23(32(39)41-4)17-36-33-37(29)31(38)28(45-33)15-21-13-22(35)16-27(40-3)30(21)44-18-20-9-7-8-10-24(20)34/h7-17,29H,5-6,18H2,1-4H3/b28-15+/t29-/m1/s1. The number of hydrogen-bond acceptors (Lipinski definition) is 9. The van der Waals surface area contributed by atoms with Crippen molar-refractivity contribution < 1.29 is 28.5 Å². The monoisotopic (exact) mass is 760 g/mol. The van der Waals surface area contributed by atoms with Gasteiger partial charge in [-0.2, -0.15) is 0 Å². The Labute approximate surface area is 282 Å². The Hall–Kier alpha value is -3.81. The topological polar surface area (TPSA) is 97.6 Å². The predicted octanol–water partition coefficient (Wildman–Crippen LogP) is 5.66. The first-order valence-electron chi connectivity index (χ1n) is 14.0. The molecule has 12 heteroatoms. The SMILES string of the molecule is CCOc1ccc([C@@H]2C(C(=O)OC)=CN=c3s/c(=C/c4cc(I)cc(OC)c4OCc4ccccc4Cl)c(=O)n32)cc1OCC. The van der Waals surface area contributed by atoms with Gasteiger partial charge in [-0.1, -0.05) is 47.2 Å². The average Bonchev–Trinajstić information content (AvgIpc) is 3.35. The summed E-state index contributed by atoms with van der Waals surface area (Å²) in [6, 6.07) is 15.7. The first-order chi connectivity index (χ1) is 21.8. The number of rotatable bonds is 11. The van der Waals surface area contributed by atoms with E-state index < -0.39 is 12.0 Å². The lowest BCUT2D eigenvalue weighted by molar-refractivity contribution is -0.136. The van der Waals surface area contributed by atoms with Gasteiger partial charge in [0.05, 0.1) is 43.6 Å². The number of esters is 1. The summed E-state index contributed by atoms with van der Waals surface area (Å²) in [5, 5.41) is 0.583. The summed E-state index contributed by atoms with van der Waals surface area (Å²) >= 11 is 9.77. The maximum atomic E-state index is 14.2. The lowest BCUT2D eigenvalue weighted by atomic mass is 9.97. The highest BCUT2D eigenvalue weighted by Crippen LogP contribution is 2.36. The molecule has 0 saturated carbocycles. The molecular formula is C33H30ClIN2O7S. The molecule has 0 fully saturated rings. The molecule has 0 aliphatic carbocycles. The summed E-state index contributed by atoms with van der Waals surface area (Å²) in [6.45, 7) is 4.82. The van der Waals surface area contributed by atoms with Gasteiger partial charge < -0.3 is 23.7 Å². The number of thiazole rings is 1. The molecule has 0 saturated heterocycles. The minimum Gasteiger partial charge on any atom is -0.493 e. The Kier molecular flexibility index (Phi) is 10.5. The molecule has 234 valence electrons. The second-order valence-electron chi connectivity index (χ2n) is 9.65. The number of carbonyl (C=O) groups is 1. The summed E-state index contributed by atoms with van der Waals surface area (Å²) in [4.78, 5) is 32.0. The van der Waals surface area contributed by atoms with Gasteiger partial charge in [-0.25, -0.2) is 9.79 Å². The molecule has 0 unspecified atom stereocenters. The number of aromatic nitrogens is 1. The van der Waals surface area contributed by atoms with Crippen LogP contribution in [0.15, 0.2) is 76.2 Å². The Bertz CT molecular complexity index is 1950. The maximum absolute atomic E-state index is 14.2. The fourth-order valence-corrected chi connectivity index (χ4v) is 6.66. The van der Waals surface area contributed by atoms with Crippen molar-refractivity contribution in [2.45, 2.75) is 26.5 Å². The molecule has 0 spiro atoms. The van der Waals surface area contributed by atoms with E-state index in [9.17, 15) is 9.59 Å². The predicted molar refractivity (Wildman–Crippen MR) is 181 cm³/mol. The molecule has 2 heterocycles. The molecule has 5 rings (SSSR count). The zero-order valence-corrected chi connectivity index (χ0v) is 28.7. The minimum atomic E-state index is -0.813. The van der Waals surface area contributed by atoms with E-state index in [-0.39, 0.29) is 17.7 Å². The van der Waals surface area contributed by atoms with Crippen LogP contribution in [0.3, 0.4) is 0 Å². The fraction of sp³-hybridized carbons (Fsp3) is 0.242. The zero-order chi connectivity index (χ0) is 32.1. The van der Waals surface area contributed by atoms with Crippen LogP contribution in [0.1, 0.15) is 36.6 Å². The molecule has 0 radical (unpaired) electrons. The molecule has 45 heavy (non-hydrogen) atoms. The Morgan fingerprint density at radius 2 is 1.78 bits per heavy atom. The van der Waals surface area contributed by atoms with E-state index in [1.165, 1.54) is 29.2 Å². The summed E-state index contributed by atoms with van der Waals surface area (Å²) in [6.07, 6.45) is 3.20. The van der Waals surface area contributed by atoms with Crippen LogP contribution in [-0.4, -0.2) is 38.0 Å². The van der Waals surface area contributed by atoms with Crippen molar-refractivity contribution in [2.75, 3.05) is 27.4 Å². The highest BCUT2D eigenvalue weighted by molar-refractivity contribution is 14.1. The van der Waals surface area contributed by atoms with Gasteiger partial charge >= 0.3 is 5.97 Å². The molecule has 1 aromatic heterocycles. The lowest BCUT2D eigenvalue weighted by Crippen LogP contribution is -2.39. The number of halogens is 2. The van der Waals surface area contributed by atoms with Gasteiger partial charge in [0.2, 0.25) is 0 Å². The third-order valence-corrected chi connectivity index (χ3v) is 8.88. The van der Waals surface area contributed by atoms with Gasteiger partial charge in [-0.3, -0.25) is 9.36 Å². The molecule has 0 amide bonds. The molecule has 0 bridgehead atoms. The van der Waals surface area contributed by atoms with Crippen molar-refractivity contribution in [3.63, 3.8) is 0 Å². The van der Waals surface area contributed by atoms with Gasteiger partial charge in [0.25, 0.3) is 5.56 Å². The molecule has 1 aliphatic rings. The van der Waals surface area contributed by atoms with Crippen molar-refractivity contribution in [3.05, 3.63) is 111 Å². The second kappa shape index (κ2) is 14.5. The molecule has 1 atom stereocenters. The van der Waals surface area contributed by atoms with Gasteiger partial charge in [0.1, 0.15) is 6.61 Å². The quantitative estimate of drug-likeness (QED) is 0.144. The molecule has 4 aromatic rings. The number of fused-ring (bicyclic) bond motifs is 1. The van der Waals surface area contributed by atoms with E-state index in [0.717, 1.165) is 9.13 Å². The fourth-order valence-electron chi connectivity index (χ4n) is 4.90. The van der Waals surface area contributed by atoms with Gasteiger partial charge in [-0.15, -0.1) is 0 Å². The molecule has 3 aromatic carbocycles. The number of methoxy groups -OCH3 is 2. The number of carbonyl (C=O) groups excluding carboxylic acids is 1. The molecular weight excluding hydrogens is 731 g/mol.